The highest BCUT2D eigenvalue weighted by atomic mass is 16.5. The fourth-order valence-electron chi connectivity index (χ4n) is 2.70. The molecule has 1 heterocycles. The van der Waals surface area contributed by atoms with Crippen molar-refractivity contribution in [1.29, 1.82) is 0 Å². The number of hydrogen-bond acceptors (Lipinski definition) is 6. The smallest absolute Gasteiger partial charge is 0.224 e. The van der Waals surface area contributed by atoms with Crippen molar-refractivity contribution in [2.75, 3.05) is 19.5 Å². The van der Waals surface area contributed by atoms with Gasteiger partial charge in [0.15, 0.2) is 17.3 Å². The predicted octanol–water partition coefficient (Wildman–Crippen LogP) is 2.56. The maximum Gasteiger partial charge on any atom is 0.224 e. The summed E-state index contributed by atoms with van der Waals surface area (Å²) in [4.78, 5) is 12.3. The number of amides is 1. The van der Waals surface area contributed by atoms with Gasteiger partial charge in [-0.05, 0) is 59.7 Å². The Bertz CT molecular complexity index is 939. The molecule has 0 saturated heterocycles. The van der Waals surface area contributed by atoms with Crippen molar-refractivity contribution in [3.8, 4) is 17.2 Å². The highest BCUT2D eigenvalue weighted by Gasteiger charge is 2.09. The summed E-state index contributed by atoms with van der Waals surface area (Å²) in [6, 6.07) is 13.0. The second-order valence-corrected chi connectivity index (χ2v) is 5.93. The molecule has 2 aromatic carbocycles. The molecule has 0 atom stereocenters. The molecule has 3 rings (SSSR count). The minimum atomic E-state index is -0.0737. The molecule has 0 fully saturated rings. The van der Waals surface area contributed by atoms with Crippen molar-refractivity contribution in [1.82, 2.24) is 20.2 Å². The second-order valence-electron chi connectivity index (χ2n) is 5.93. The maximum atomic E-state index is 12.3. The molecule has 0 aliphatic heterocycles. The fraction of sp³-hybridized carbons (Fsp3) is 0.263. The van der Waals surface area contributed by atoms with Crippen LogP contribution in [0.15, 0.2) is 42.5 Å². The molecule has 8 nitrogen and oxygen atoms in total. The molecule has 0 aliphatic rings. The van der Waals surface area contributed by atoms with E-state index in [0.717, 1.165) is 11.3 Å². The SMILES string of the molecule is COc1ccc(CCC(=O)Nc2cccc(-n3nnnc3C)c2)cc1OC. The first-order chi connectivity index (χ1) is 13.1. The number of anilines is 1. The third kappa shape index (κ3) is 4.41. The van der Waals surface area contributed by atoms with E-state index in [1.54, 1.807) is 18.9 Å². The Kier molecular flexibility index (Phi) is 5.65. The van der Waals surface area contributed by atoms with Crippen LogP contribution < -0.4 is 14.8 Å². The molecule has 140 valence electrons. The molecule has 1 amide bonds. The molecular formula is C19H21N5O3. The van der Waals surface area contributed by atoms with E-state index in [4.69, 9.17) is 9.47 Å². The quantitative estimate of drug-likeness (QED) is 0.690. The molecule has 0 saturated carbocycles. The van der Waals surface area contributed by atoms with Crippen LogP contribution in [-0.2, 0) is 11.2 Å². The fourth-order valence-corrected chi connectivity index (χ4v) is 2.70. The van der Waals surface area contributed by atoms with Gasteiger partial charge in [0.2, 0.25) is 5.91 Å². The van der Waals surface area contributed by atoms with Crippen LogP contribution in [0.5, 0.6) is 11.5 Å². The van der Waals surface area contributed by atoms with E-state index in [0.29, 0.717) is 35.9 Å². The normalized spacial score (nSPS) is 10.5. The number of carbonyl (C=O) groups is 1. The Hall–Kier alpha value is -3.42. The van der Waals surface area contributed by atoms with Crippen molar-refractivity contribution in [2.24, 2.45) is 0 Å². The minimum absolute atomic E-state index is 0.0737. The number of nitrogens with zero attached hydrogens (tertiary/aromatic N) is 4. The molecule has 1 N–H and O–H groups in total. The van der Waals surface area contributed by atoms with Gasteiger partial charge in [0.25, 0.3) is 0 Å². The first kappa shape index (κ1) is 18.4. The van der Waals surface area contributed by atoms with E-state index in [1.807, 2.05) is 49.4 Å². The number of carbonyl (C=O) groups excluding carboxylic acids is 1. The number of rotatable bonds is 7. The van der Waals surface area contributed by atoms with Crippen molar-refractivity contribution in [3.63, 3.8) is 0 Å². The zero-order chi connectivity index (χ0) is 19.2. The van der Waals surface area contributed by atoms with Crippen LogP contribution in [-0.4, -0.2) is 40.3 Å². The Balaban J connectivity index is 1.62. The van der Waals surface area contributed by atoms with Crippen LogP contribution in [0.25, 0.3) is 5.69 Å². The van der Waals surface area contributed by atoms with Crippen molar-refractivity contribution < 1.29 is 14.3 Å². The Morgan fingerprint density at radius 1 is 1.11 bits per heavy atom. The molecule has 0 bridgehead atoms. The van der Waals surface area contributed by atoms with E-state index in [1.165, 1.54) is 0 Å². The van der Waals surface area contributed by atoms with Crippen LogP contribution in [0, 0.1) is 6.92 Å². The summed E-state index contributed by atoms with van der Waals surface area (Å²) >= 11 is 0. The van der Waals surface area contributed by atoms with Gasteiger partial charge in [-0.1, -0.05) is 12.1 Å². The number of benzene rings is 2. The molecule has 1 aromatic heterocycles. The molecule has 0 aliphatic carbocycles. The van der Waals surface area contributed by atoms with Crippen LogP contribution >= 0.6 is 0 Å². The summed E-state index contributed by atoms with van der Waals surface area (Å²) in [6.07, 6.45) is 0.946. The predicted molar refractivity (Wildman–Crippen MR) is 100 cm³/mol. The van der Waals surface area contributed by atoms with Crippen LogP contribution in [0.4, 0.5) is 5.69 Å². The molecule has 0 radical (unpaired) electrons. The average Bonchev–Trinajstić information content (AvgIpc) is 3.12. The molecular weight excluding hydrogens is 346 g/mol. The largest absolute Gasteiger partial charge is 0.493 e. The third-order valence-electron chi connectivity index (χ3n) is 4.09. The monoisotopic (exact) mass is 367 g/mol. The van der Waals surface area contributed by atoms with Gasteiger partial charge in [0.05, 0.1) is 19.9 Å². The first-order valence-corrected chi connectivity index (χ1v) is 8.47. The lowest BCUT2D eigenvalue weighted by atomic mass is 10.1. The highest BCUT2D eigenvalue weighted by molar-refractivity contribution is 5.91. The summed E-state index contributed by atoms with van der Waals surface area (Å²) in [5.41, 5.74) is 2.48. The number of aryl methyl sites for hydroxylation is 2. The number of tetrazole rings is 1. The van der Waals surface area contributed by atoms with Crippen LogP contribution in [0.3, 0.4) is 0 Å². The molecule has 3 aromatic rings. The molecule has 0 spiro atoms. The van der Waals surface area contributed by atoms with E-state index < -0.39 is 0 Å². The van der Waals surface area contributed by atoms with Gasteiger partial charge in [-0.15, -0.1) is 5.10 Å². The molecule has 27 heavy (non-hydrogen) atoms. The van der Waals surface area contributed by atoms with Crippen molar-refractivity contribution in [2.45, 2.75) is 19.8 Å². The summed E-state index contributed by atoms with van der Waals surface area (Å²) < 4.78 is 12.1. The standard InChI is InChI=1S/C19H21N5O3/c1-13-21-22-23-24(13)16-6-4-5-15(12-16)20-19(25)10-8-14-7-9-17(26-2)18(11-14)27-3/h4-7,9,11-12H,8,10H2,1-3H3,(H,20,25). The summed E-state index contributed by atoms with van der Waals surface area (Å²) in [5.74, 6) is 1.92. The highest BCUT2D eigenvalue weighted by Crippen LogP contribution is 2.28. The third-order valence-corrected chi connectivity index (χ3v) is 4.09. The van der Waals surface area contributed by atoms with Gasteiger partial charge >= 0.3 is 0 Å². The maximum absolute atomic E-state index is 12.3. The van der Waals surface area contributed by atoms with Gasteiger partial charge in [0, 0.05) is 12.1 Å². The lowest BCUT2D eigenvalue weighted by molar-refractivity contribution is -0.116. The number of ether oxygens (including phenoxy) is 2. The van der Waals surface area contributed by atoms with E-state index in [2.05, 4.69) is 20.8 Å². The summed E-state index contributed by atoms with van der Waals surface area (Å²) in [7, 11) is 3.18. The van der Waals surface area contributed by atoms with Crippen molar-refractivity contribution in [3.05, 3.63) is 53.9 Å². The van der Waals surface area contributed by atoms with Crippen LogP contribution in [0.2, 0.25) is 0 Å². The minimum Gasteiger partial charge on any atom is -0.493 e. The van der Waals surface area contributed by atoms with Crippen LogP contribution in [0.1, 0.15) is 17.8 Å². The molecule has 8 heteroatoms. The Labute approximate surface area is 157 Å². The Morgan fingerprint density at radius 2 is 1.93 bits per heavy atom. The first-order valence-electron chi connectivity index (χ1n) is 8.47. The zero-order valence-electron chi connectivity index (χ0n) is 15.5. The van der Waals surface area contributed by atoms with Crippen molar-refractivity contribution >= 4 is 11.6 Å². The lowest BCUT2D eigenvalue weighted by Gasteiger charge is -2.10. The molecule has 0 unspecified atom stereocenters. The van der Waals surface area contributed by atoms with E-state index in [9.17, 15) is 4.79 Å². The number of methoxy groups -OCH3 is 2. The van der Waals surface area contributed by atoms with Gasteiger partial charge in [-0.25, -0.2) is 0 Å². The number of hydrogen-bond donors (Lipinski definition) is 1. The zero-order valence-corrected chi connectivity index (χ0v) is 15.5. The van der Waals surface area contributed by atoms with E-state index >= 15 is 0 Å². The summed E-state index contributed by atoms with van der Waals surface area (Å²) in [6.45, 7) is 1.81. The van der Waals surface area contributed by atoms with Gasteiger partial charge in [-0.3, -0.25) is 4.79 Å². The van der Waals surface area contributed by atoms with Gasteiger partial charge in [-0.2, -0.15) is 4.68 Å². The average molecular weight is 367 g/mol. The number of nitrogens with one attached hydrogen (secondary N) is 1. The van der Waals surface area contributed by atoms with Gasteiger partial charge < -0.3 is 14.8 Å². The second kappa shape index (κ2) is 8.31. The van der Waals surface area contributed by atoms with E-state index in [-0.39, 0.29) is 5.91 Å². The topological polar surface area (TPSA) is 91.2 Å². The lowest BCUT2D eigenvalue weighted by Crippen LogP contribution is -2.12. The van der Waals surface area contributed by atoms with Gasteiger partial charge in [0.1, 0.15) is 0 Å². The Morgan fingerprint density at radius 3 is 2.63 bits per heavy atom. The summed E-state index contributed by atoms with van der Waals surface area (Å²) in [5, 5.41) is 14.3. The number of aromatic nitrogens is 4.